The zero-order valence-electron chi connectivity index (χ0n) is 14.1. The summed E-state index contributed by atoms with van der Waals surface area (Å²) >= 11 is 1.43. The first-order chi connectivity index (χ1) is 12.6. The predicted octanol–water partition coefficient (Wildman–Crippen LogP) is 4.14. The third kappa shape index (κ3) is 5.98. The number of hydrogen-bond donors (Lipinski definition) is 1. The van der Waals surface area contributed by atoms with Gasteiger partial charge in [0.2, 0.25) is 0 Å². The van der Waals surface area contributed by atoms with Crippen LogP contribution in [0, 0.1) is 10.1 Å². The SMILES string of the molecule is O=C(/C(=C\C=C\c1ccccc1)CSCCO)c1cccc([N+](=O)[O-])c1. The Balaban J connectivity index is 2.23. The number of nitro groups is 1. The van der Waals surface area contributed by atoms with Crippen LogP contribution in [0.5, 0.6) is 0 Å². The molecule has 0 atom stereocenters. The highest BCUT2D eigenvalue weighted by atomic mass is 32.2. The first-order valence-electron chi connectivity index (χ1n) is 8.02. The summed E-state index contributed by atoms with van der Waals surface area (Å²) in [6, 6.07) is 15.4. The van der Waals surface area contributed by atoms with Crippen LogP contribution in [0.3, 0.4) is 0 Å². The number of aliphatic hydroxyl groups excluding tert-OH is 1. The van der Waals surface area contributed by atoms with Gasteiger partial charge in [0, 0.05) is 34.8 Å². The number of hydrogen-bond acceptors (Lipinski definition) is 5. The van der Waals surface area contributed by atoms with E-state index < -0.39 is 4.92 Å². The lowest BCUT2D eigenvalue weighted by molar-refractivity contribution is -0.384. The van der Waals surface area contributed by atoms with E-state index in [4.69, 9.17) is 5.11 Å². The molecule has 0 radical (unpaired) electrons. The molecule has 1 N–H and O–H groups in total. The van der Waals surface area contributed by atoms with Crippen LogP contribution in [0.2, 0.25) is 0 Å². The van der Waals surface area contributed by atoms with Gasteiger partial charge < -0.3 is 5.11 Å². The van der Waals surface area contributed by atoms with Gasteiger partial charge in [-0.2, -0.15) is 11.8 Å². The molecule has 2 rings (SSSR count). The molecule has 0 amide bonds. The Labute approximate surface area is 156 Å². The zero-order valence-corrected chi connectivity index (χ0v) is 14.9. The molecule has 0 aliphatic heterocycles. The number of allylic oxidation sites excluding steroid dienone is 2. The molecule has 6 heteroatoms. The van der Waals surface area contributed by atoms with Gasteiger partial charge >= 0.3 is 0 Å². The quantitative estimate of drug-likeness (QED) is 0.179. The van der Waals surface area contributed by atoms with Crippen molar-refractivity contribution in [3.8, 4) is 0 Å². The van der Waals surface area contributed by atoms with Crippen LogP contribution in [0.15, 0.2) is 72.3 Å². The van der Waals surface area contributed by atoms with Gasteiger partial charge in [0.25, 0.3) is 5.69 Å². The van der Waals surface area contributed by atoms with E-state index in [1.54, 1.807) is 18.2 Å². The van der Waals surface area contributed by atoms with E-state index in [0.717, 1.165) is 5.56 Å². The van der Waals surface area contributed by atoms with Crippen LogP contribution in [-0.2, 0) is 0 Å². The minimum Gasteiger partial charge on any atom is -0.396 e. The van der Waals surface area contributed by atoms with Crippen LogP contribution >= 0.6 is 11.8 Å². The Morgan fingerprint density at radius 3 is 2.62 bits per heavy atom. The van der Waals surface area contributed by atoms with E-state index in [0.29, 0.717) is 17.1 Å². The van der Waals surface area contributed by atoms with Gasteiger partial charge in [-0.25, -0.2) is 0 Å². The molecule has 0 fully saturated rings. The molecule has 0 saturated heterocycles. The minimum absolute atomic E-state index is 0.0306. The Hall–Kier alpha value is -2.70. The number of non-ortho nitro benzene ring substituents is 1. The number of rotatable bonds is 9. The molecule has 134 valence electrons. The standard InChI is InChI=1S/C20H19NO4S/c22-12-13-26-15-18(10-4-8-16-6-2-1-3-7-16)20(23)17-9-5-11-19(14-17)21(24)25/h1-11,14,22H,12-13,15H2/b8-4+,18-10-. The average Bonchev–Trinajstić information content (AvgIpc) is 2.67. The van der Waals surface area contributed by atoms with Crippen LogP contribution in [0.1, 0.15) is 15.9 Å². The zero-order chi connectivity index (χ0) is 18.8. The summed E-state index contributed by atoms with van der Waals surface area (Å²) in [6.07, 6.45) is 5.40. The van der Waals surface area contributed by atoms with Gasteiger partial charge in [0.05, 0.1) is 11.5 Å². The van der Waals surface area contributed by atoms with Crippen LogP contribution in [0.25, 0.3) is 6.08 Å². The maximum Gasteiger partial charge on any atom is 0.270 e. The molecule has 0 aliphatic carbocycles. The largest absolute Gasteiger partial charge is 0.396 e. The molecule has 2 aromatic rings. The Bertz CT molecular complexity index is 816. The number of nitrogens with zero attached hydrogens (tertiary/aromatic N) is 1. The number of thioether (sulfide) groups is 1. The molecule has 2 aromatic carbocycles. The minimum atomic E-state index is -0.518. The van der Waals surface area contributed by atoms with E-state index in [1.807, 2.05) is 36.4 Å². The first-order valence-corrected chi connectivity index (χ1v) is 9.17. The van der Waals surface area contributed by atoms with Gasteiger partial charge in [-0.1, -0.05) is 60.7 Å². The van der Waals surface area contributed by atoms with E-state index in [-0.39, 0.29) is 23.6 Å². The third-order valence-electron chi connectivity index (χ3n) is 3.49. The summed E-state index contributed by atoms with van der Waals surface area (Å²) in [6.45, 7) is 0.0306. The molecule has 5 nitrogen and oxygen atoms in total. The smallest absolute Gasteiger partial charge is 0.270 e. The molecular weight excluding hydrogens is 350 g/mol. The second kappa shape index (κ2) is 10.3. The van der Waals surface area contributed by atoms with Crippen molar-refractivity contribution in [1.82, 2.24) is 0 Å². The number of Topliss-reactive ketones (excluding diaryl/α,β-unsaturated/α-hetero) is 1. The molecule has 0 heterocycles. The highest BCUT2D eigenvalue weighted by Crippen LogP contribution is 2.19. The fraction of sp³-hybridized carbons (Fsp3) is 0.150. The summed E-state index contributed by atoms with van der Waals surface area (Å²) in [4.78, 5) is 23.2. The number of benzene rings is 2. The van der Waals surface area contributed by atoms with Gasteiger partial charge in [-0.15, -0.1) is 0 Å². The fourth-order valence-electron chi connectivity index (χ4n) is 2.22. The predicted molar refractivity (Wildman–Crippen MR) is 105 cm³/mol. The normalized spacial score (nSPS) is 11.7. The lowest BCUT2D eigenvalue weighted by atomic mass is 10.0. The Morgan fingerprint density at radius 2 is 1.92 bits per heavy atom. The number of nitro benzene ring substituents is 1. The highest BCUT2D eigenvalue weighted by Gasteiger charge is 2.15. The summed E-state index contributed by atoms with van der Waals surface area (Å²) in [7, 11) is 0. The van der Waals surface area contributed by atoms with Crippen molar-refractivity contribution in [2.75, 3.05) is 18.1 Å². The van der Waals surface area contributed by atoms with Gasteiger partial charge in [0.1, 0.15) is 0 Å². The Morgan fingerprint density at radius 1 is 1.15 bits per heavy atom. The molecule has 0 aliphatic rings. The second-order valence-electron chi connectivity index (χ2n) is 5.37. The molecule has 0 bridgehead atoms. The summed E-state index contributed by atoms with van der Waals surface area (Å²) < 4.78 is 0. The molecule has 0 saturated carbocycles. The topological polar surface area (TPSA) is 80.4 Å². The van der Waals surface area contributed by atoms with Crippen LogP contribution < -0.4 is 0 Å². The molecule has 0 unspecified atom stereocenters. The monoisotopic (exact) mass is 369 g/mol. The van der Waals surface area contributed by atoms with E-state index in [9.17, 15) is 14.9 Å². The van der Waals surface area contributed by atoms with Crippen molar-refractivity contribution in [3.63, 3.8) is 0 Å². The van der Waals surface area contributed by atoms with Crippen molar-refractivity contribution in [1.29, 1.82) is 0 Å². The lowest BCUT2D eigenvalue weighted by Crippen LogP contribution is -2.07. The highest BCUT2D eigenvalue weighted by molar-refractivity contribution is 7.99. The molecular formula is C20H19NO4S. The van der Waals surface area contributed by atoms with Crippen molar-refractivity contribution in [2.24, 2.45) is 0 Å². The third-order valence-corrected chi connectivity index (χ3v) is 4.48. The summed E-state index contributed by atoms with van der Waals surface area (Å²) in [5.41, 5.74) is 1.70. The average molecular weight is 369 g/mol. The second-order valence-corrected chi connectivity index (χ2v) is 6.48. The summed E-state index contributed by atoms with van der Waals surface area (Å²) in [5.74, 6) is 0.681. The fourth-order valence-corrected chi connectivity index (χ4v) is 2.94. The lowest BCUT2D eigenvalue weighted by Gasteiger charge is -2.06. The number of carbonyl (C=O) groups excluding carboxylic acids is 1. The molecule has 0 aromatic heterocycles. The number of ketones is 1. The van der Waals surface area contributed by atoms with Gasteiger partial charge in [-0.05, 0) is 5.56 Å². The van der Waals surface area contributed by atoms with Crippen LogP contribution in [0.4, 0.5) is 5.69 Å². The first kappa shape index (κ1) is 19.6. The van der Waals surface area contributed by atoms with E-state index in [2.05, 4.69) is 0 Å². The molecule has 26 heavy (non-hydrogen) atoms. The number of aliphatic hydroxyl groups is 1. The Kier molecular flexibility index (Phi) is 7.79. The van der Waals surface area contributed by atoms with E-state index >= 15 is 0 Å². The molecule has 0 spiro atoms. The van der Waals surface area contributed by atoms with Crippen molar-refractivity contribution >= 4 is 29.3 Å². The summed E-state index contributed by atoms with van der Waals surface area (Å²) in [5, 5.41) is 19.9. The van der Waals surface area contributed by atoms with Crippen molar-refractivity contribution in [2.45, 2.75) is 0 Å². The van der Waals surface area contributed by atoms with Crippen molar-refractivity contribution < 1.29 is 14.8 Å². The van der Waals surface area contributed by atoms with E-state index in [1.165, 1.54) is 30.0 Å². The van der Waals surface area contributed by atoms with Gasteiger partial charge in [0.15, 0.2) is 5.78 Å². The maximum absolute atomic E-state index is 12.8. The van der Waals surface area contributed by atoms with Crippen LogP contribution in [-0.4, -0.2) is 33.9 Å². The van der Waals surface area contributed by atoms with Gasteiger partial charge in [-0.3, -0.25) is 14.9 Å². The maximum atomic E-state index is 12.8. The van der Waals surface area contributed by atoms with Crippen molar-refractivity contribution in [3.05, 3.63) is 93.6 Å². The number of carbonyl (C=O) groups is 1.